The molecule has 2 aromatic rings. The summed E-state index contributed by atoms with van der Waals surface area (Å²) in [6, 6.07) is 10.7. The fourth-order valence-electron chi connectivity index (χ4n) is 2.17. The fourth-order valence-corrected chi connectivity index (χ4v) is 3.00. The van der Waals surface area contributed by atoms with Crippen molar-refractivity contribution in [3.8, 4) is 0 Å². The molecule has 0 saturated heterocycles. The number of aryl methyl sites for hydroxylation is 2. The molecule has 3 N–H and O–H groups in total. The average Bonchev–Trinajstić information content (AvgIpc) is 2.93. The zero-order valence-corrected chi connectivity index (χ0v) is 12.0. The largest absolute Gasteiger partial charge is 0.271 e. The van der Waals surface area contributed by atoms with Crippen LogP contribution in [0.1, 0.15) is 41.9 Å². The highest BCUT2D eigenvalue weighted by Gasteiger charge is 2.16. The zero-order valence-electron chi connectivity index (χ0n) is 11.2. The van der Waals surface area contributed by atoms with Gasteiger partial charge in [0.1, 0.15) is 0 Å². The van der Waals surface area contributed by atoms with Crippen molar-refractivity contribution in [3.63, 3.8) is 0 Å². The molecule has 0 spiro atoms. The Morgan fingerprint density at radius 1 is 1.32 bits per heavy atom. The lowest BCUT2D eigenvalue weighted by Gasteiger charge is -2.14. The summed E-state index contributed by atoms with van der Waals surface area (Å²) in [5, 5.41) is 4.14. The van der Waals surface area contributed by atoms with E-state index in [0.29, 0.717) is 0 Å². The topological polar surface area (TPSA) is 63.8 Å². The first kappa shape index (κ1) is 14.1. The zero-order chi connectivity index (χ0) is 13.5. The summed E-state index contributed by atoms with van der Waals surface area (Å²) in [7, 11) is 0. The number of hydrogen-bond donors (Lipinski definition) is 2. The van der Waals surface area contributed by atoms with E-state index in [2.05, 4.69) is 46.2 Å². The van der Waals surface area contributed by atoms with Crippen LogP contribution in [-0.4, -0.2) is 9.59 Å². The van der Waals surface area contributed by atoms with E-state index in [4.69, 9.17) is 5.84 Å². The molecule has 0 saturated carbocycles. The Morgan fingerprint density at radius 3 is 2.79 bits per heavy atom. The molecule has 4 nitrogen and oxygen atoms in total. The van der Waals surface area contributed by atoms with Gasteiger partial charge in [0.15, 0.2) is 0 Å². The molecule has 0 aliphatic heterocycles. The molecule has 5 heteroatoms. The van der Waals surface area contributed by atoms with Crippen molar-refractivity contribution in [1.29, 1.82) is 0 Å². The Balaban J connectivity index is 1.90. The lowest BCUT2D eigenvalue weighted by Crippen LogP contribution is -2.28. The van der Waals surface area contributed by atoms with Crippen LogP contribution in [0.25, 0.3) is 0 Å². The predicted molar refractivity (Wildman–Crippen MR) is 78.7 cm³/mol. The minimum atomic E-state index is 0.165. The molecule has 102 valence electrons. The molecule has 2 rings (SSSR count). The molecule has 0 amide bonds. The van der Waals surface area contributed by atoms with Gasteiger partial charge < -0.3 is 0 Å². The second-order valence-electron chi connectivity index (χ2n) is 4.53. The van der Waals surface area contributed by atoms with Gasteiger partial charge in [-0.3, -0.25) is 11.3 Å². The van der Waals surface area contributed by atoms with Gasteiger partial charge in [-0.1, -0.05) is 41.7 Å². The highest BCUT2D eigenvalue weighted by Crippen LogP contribution is 2.24. The molecule has 19 heavy (non-hydrogen) atoms. The minimum Gasteiger partial charge on any atom is -0.271 e. The van der Waals surface area contributed by atoms with Crippen LogP contribution in [0, 0.1) is 0 Å². The van der Waals surface area contributed by atoms with Crippen molar-refractivity contribution in [2.75, 3.05) is 0 Å². The van der Waals surface area contributed by atoms with Crippen molar-refractivity contribution in [1.82, 2.24) is 15.0 Å². The Bertz CT molecular complexity index is 483. The molecule has 1 aromatic heterocycles. The van der Waals surface area contributed by atoms with Crippen LogP contribution in [0.3, 0.4) is 0 Å². The third-order valence-electron chi connectivity index (χ3n) is 3.24. The monoisotopic (exact) mass is 276 g/mol. The maximum atomic E-state index is 5.67. The molecule has 0 radical (unpaired) electrons. The maximum Gasteiger partial charge on any atom is 0.0801 e. The van der Waals surface area contributed by atoms with Crippen molar-refractivity contribution in [2.45, 2.75) is 38.6 Å². The first-order valence-corrected chi connectivity index (χ1v) is 7.43. The number of nitrogens with one attached hydrogen (secondary N) is 1. The van der Waals surface area contributed by atoms with Gasteiger partial charge in [-0.15, -0.1) is 5.10 Å². The van der Waals surface area contributed by atoms with E-state index < -0.39 is 0 Å². The molecule has 0 fully saturated rings. The van der Waals surface area contributed by atoms with Crippen LogP contribution in [-0.2, 0) is 12.8 Å². The lowest BCUT2D eigenvalue weighted by molar-refractivity contribution is 0.501. The molecule has 1 heterocycles. The van der Waals surface area contributed by atoms with E-state index in [1.165, 1.54) is 22.0 Å². The summed E-state index contributed by atoms with van der Waals surface area (Å²) in [6.07, 6.45) is 4.08. The predicted octanol–water partition coefficient (Wildman–Crippen LogP) is 2.63. The summed E-state index contributed by atoms with van der Waals surface area (Å²) < 4.78 is 4.02. The average molecular weight is 276 g/mol. The maximum absolute atomic E-state index is 5.67. The van der Waals surface area contributed by atoms with Gasteiger partial charge in [0.25, 0.3) is 0 Å². The molecule has 1 unspecified atom stereocenters. The van der Waals surface area contributed by atoms with E-state index >= 15 is 0 Å². The second-order valence-corrected chi connectivity index (χ2v) is 5.32. The summed E-state index contributed by atoms with van der Waals surface area (Å²) >= 11 is 1.45. The van der Waals surface area contributed by atoms with Gasteiger partial charge in [0.2, 0.25) is 0 Å². The molecule has 0 aliphatic carbocycles. The third kappa shape index (κ3) is 3.83. The quantitative estimate of drug-likeness (QED) is 0.603. The molecular weight excluding hydrogens is 256 g/mol. The number of hydrazine groups is 1. The minimum absolute atomic E-state index is 0.165. The molecular formula is C14H20N4S. The van der Waals surface area contributed by atoms with Gasteiger partial charge in [-0.25, -0.2) is 0 Å². The van der Waals surface area contributed by atoms with E-state index in [1.54, 1.807) is 0 Å². The SMILES string of the molecule is CCc1nnsc1C(CCCc1ccccc1)NN. The molecule has 0 aliphatic rings. The Kier molecular flexibility index (Phi) is 5.44. The molecule has 1 atom stereocenters. The van der Waals surface area contributed by atoms with Crippen molar-refractivity contribution in [2.24, 2.45) is 5.84 Å². The van der Waals surface area contributed by atoms with E-state index in [9.17, 15) is 0 Å². The van der Waals surface area contributed by atoms with Gasteiger partial charge in [0.05, 0.1) is 16.6 Å². The first-order valence-electron chi connectivity index (χ1n) is 6.66. The number of aromatic nitrogens is 2. The third-order valence-corrected chi connectivity index (χ3v) is 4.12. The highest BCUT2D eigenvalue weighted by molar-refractivity contribution is 7.05. The lowest BCUT2D eigenvalue weighted by atomic mass is 10.0. The smallest absolute Gasteiger partial charge is 0.0801 e. The van der Waals surface area contributed by atoms with Crippen molar-refractivity contribution < 1.29 is 0 Å². The first-order chi connectivity index (χ1) is 9.35. The molecule has 1 aromatic carbocycles. The van der Waals surface area contributed by atoms with Crippen LogP contribution < -0.4 is 11.3 Å². The summed E-state index contributed by atoms with van der Waals surface area (Å²) in [6.45, 7) is 2.10. The summed E-state index contributed by atoms with van der Waals surface area (Å²) in [5.41, 5.74) is 5.33. The summed E-state index contributed by atoms with van der Waals surface area (Å²) in [4.78, 5) is 1.18. The number of hydrogen-bond acceptors (Lipinski definition) is 5. The van der Waals surface area contributed by atoms with Gasteiger partial charge in [-0.05, 0) is 42.8 Å². The van der Waals surface area contributed by atoms with E-state index in [1.807, 2.05) is 6.07 Å². The number of nitrogens with zero attached hydrogens (tertiary/aromatic N) is 2. The highest BCUT2D eigenvalue weighted by atomic mass is 32.1. The van der Waals surface area contributed by atoms with E-state index in [0.717, 1.165) is 31.4 Å². The number of rotatable bonds is 7. The summed E-state index contributed by atoms with van der Waals surface area (Å²) in [5.74, 6) is 5.67. The Hall–Kier alpha value is -1.30. The van der Waals surface area contributed by atoms with E-state index in [-0.39, 0.29) is 6.04 Å². The number of benzene rings is 1. The standard InChI is InChI=1S/C14H20N4S/c1-2-12-14(19-18-17-12)13(16-15)10-6-9-11-7-4-3-5-8-11/h3-5,7-8,13,16H,2,6,9-10,15H2,1H3. The van der Waals surface area contributed by atoms with Crippen LogP contribution in [0.2, 0.25) is 0 Å². The fraction of sp³-hybridized carbons (Fsp3) is 0.429. The van der Waals surface area contributed by atoms with Crippen LogP contribution in [0.5, 0.6) is 0 Å². The van der Waals surface area contributed by atoms with Crippen molar-refractivity contribution in [3.05, 3.63) is 46.5 Å². The number of nitrogens with two attached hydrogens (primary N) is 1. The molecule has 0 bridgehead atoms. The van der Waals surface area contributed by atoms with Crippen LogP contribution >= 0.6 is 11.5 Å². The Labute approximate surface area is 118 Å². The normalized spacial score (nSPS) is 12.5. The second kappa shape index (κ2) is 7.33. The van der Waals surface area contributed by atoms with Crippen molar-refractivity contribution >= 4 is 11.5 Å². The van der Waals surface area contributed by atoms with Gasteiger partial charge in [0, 0.05) is 0 Å². The van der Waals surface area contributed by atoms with Crippen LogP contribution in [0.15, 0.2) is 30.3 Å². The Morgan fingerprint density at radius 2 is 2.11 bits per heavy atom. The van der Waals surface area contributed by atoms with Crippen LogP contribution in [0.4, 0.5) is 0 Å². The van der Waals surface area contributed by atoms with Gasteiger partial charge >= 0.3 is 0 Å². The van der Waals surface area contributed by atoms with Gasteiger partial charge in [-0.2, -0.15) is 0 Å².